The standard InChI is InChI=1S/C27H36N6O6/c1-4-39-27(38)33-14-12-32(13-15-33)26(37)20(10-11-23(34)35)30-25(36)21-16-22(28-17-18(2)3)31-24(29-21)19-8-6-5-7-9-19/h5-9,16,18,20H,4,10-15,17H2,1-3H3,(H,30,36)(H,34,35)(H,28,29,31)/t20-/m0/s1. The zero-order valence-electron chi connectivity index (χ0n) is 22.6. The number of carbonyl (C=O) groups is 4. The van der Waals surface area contributed by atoms with Crippen molar-refractivity contribution in [3.8, 4) is 11.4 Å². The van der Waals surface area contributed by atoms with Crippen molar-refractivity contribution in [3.05, 3.63) is 42.1 Å². The summed E-state index contributed by atoms with van der Waals surface area (Å²) in [6.07, 6.45) is -0.840. The van der Waals surface area contributed by atoms with Gasteiger partial charge in [-0.3, -0.25) is 14.4 Å². The molecule has 12 nitrogen and oxygen atoms in total. The van der Waals surface area contributed by atoms with Crippen molar-refractivity contribution >= 4 is 29.7 Å². The Morgan fingerprint density at radius 3 is 2.31 bits per heavy atom. The van der Waals surface area contributed by atoms with E-state index in [0.717, 1.165) is 5.56 Å². The predicted octanol–water partition coefficient (Wildman–Crippen LogP) is 2.48. The summed E-state index contributed by atoms with van der Waals surface area (Å²) in [7, 11) is 0. The number of carboxylic acids is 1. The average molecular weight is 541 g/mol. The Hall–Kier alpha value is -4.22. The quantitative estimate of drug-likeness (QED) is 0.390. The molecular formula is C27H36N6O6. The number of carbonyl (C=O) groups excluding carboxylic acids is 3. The summed E-state index contributed by atoms with van der Waals surface area (Å²) in [5.41, 5.74) is 0.771. The monoisotopic (exact) mass is 540 g/mol. The molecule has 1 atom stereocenters. The second kappa shape index (κ2) is 14.1. The molecule has 0 aliphatic carbocycles. The molecule has 0 bridgehead atoms. The fourth-order valence-corrected chi connectivity index (χ4v) is 3.98. The summed E-state index contributed by atoms with van der Waals surface area (Å²) in [4.78, 5) is 62.0. The highest BCUT2D eigenvalue weighted by Gasteiger charge is 2.31. The molecule has 1 aromatic carbocycles. The Morgan fingerprint density at radius 1 is 1.03 bits per heavy atom. The van der Waals surface area contributed by atoms with Crippen LogP contribution in [0.25, 0.3) is 11.4 Å². The van der Waals surface area contributed by atoms with Gasteiger partial charge < -0.3 is 30.3 Å². The van der Waals surface area contributed by atoms with E-state index in [1.54, 1.807) is 6.92 Å². The molecule has 0 spiro atoms. The van der Waals surface area contributed by atoms with Gasteiger partial charge >= 0.3 is 12.1 Å². The average Bonchev–Trinajstić information content (AvgIpc) is 2.94. The molecule has 3 N–H and O–H groups in total. The number of ether oxygens (including phenoxy) is 1. The minimum atomic E-state index is -1.08. The first-order valence-electron chi connectivity index (χ1n) is 13.1. The Morgan fingerprint density at radius 2 is 1.69 bits per heavy atom. The zero-order valence-corrected chi connectivity index (χ0v) is 22.6. The van der Waals surface area contributed by atoms with Crippen LogP contribution in [0.5, 0.6) is 0 Å². The number of hydrogen-bond acceptors (Lipinski definition) is 8. The number of aliphatic carboxylic acids is 1. The molecular weight excluding hydrogens is 504 g/mol. The Balaban J connectivity index is 1.79. The van der Waals surface area contributed by atoms with Crippen LogP contribution in [0.1, 0.15) is 44.1 Å². The van der Waals surface area contributed by atoms with Crippen LogP contribution in [0.4, 0.5) is 10.6 Å². The predicted molar refractivity (Wildman–Crippen MR) is 144 cm³/mol. The molecule has 2 heterocycles. The van der Waals surface area contributed by atoms with E-state index in [-0.39, 0.29) is 51.3 Å². The molecule has 12 heteroatoms. The molecule has 1 aliphatic heterocycles. The normalized spacial score (nSPS) is 14.1. The van der Waals surface area contributed by atoms with E-state index >= 15 is 0 Å². The first kappa shape index (κ1) is 29.3. The van der Waals surface area contributed by atoms with Gasteiger partial charge in [0.25, 0.3) is 5.91 Å². The molecule has 210 valence electrons. The van der Waals surface area contributed by atoms with E-state index < -0.39 is 29.9 Å². The Bertz CT molecular complexity index is 1150. The summed E-state index contributed by atoms with van der Waals surface area (Å²) in [5.74, 6) is -0.966. The van der Waals surface area contributed by atoms with E-state index in [0.29, 0.717) is 24.1 Å². The number of aromatic nitrogens is 2. The van der Waals surface area contributed by atoms with Crippen LogP contribution >= 0.6 is 0 Å². The van der Waals surface area contributed by atoms with Gasteiger partial charge in [-0.25, -0.2) is 14.8 Å². The topological polar surface area (TPSA) is 154 Å². The van der Waals surface area contributed by atoms with Crippen LogP contribution in [0.3, 0.4) is 0 Å². The summed E-state index contributed by atoms with van der Waals surface area (Å²) in [6.45, 7) is 7.74. The molecule has 1 aromatic heterocycles. The number of anilines is 1. The van der Waals surface area contributed by atoms with Gasteiger partial charge in [-0.05, 0) is 19.3 Å². The SMILES string of the molecule is CCOC(=O)N1CCN(C(=O)[C@H](CCC(=O)O)NC(=O)c2cc(NCC(C)C)nc(-c3ccccc3)n2)CC1. The van der Waals surface area contributed by atoms with Crippen molar-refractivity contribution in [2.24, 2.45) is 5.92 Å². The smallest absolute Gasteiger partial charge is 0.409 e. The number of hydrogen-bond donors (Lipinski definition) is 3. The van der Waals surface area contributed by atoms with Crippen LogP contribution in [-0.2, 0) is 14.3 Å². The van der Waals surface area contributed by atoms with E-state index in [4.69, 9.17) is 4.74 Å². The fourth-order valence-electron chi connectivity index (χ4n) is 3.98. The first-order valence-corrected chi connectivity index (χ1v) is 13.1. The molecule has 3 amide bonds. The summed E-state index contributed by atoms with van der Waals surface area (Å²) >= 11 is 0. The molecule has 1 fully saturated rings. The lowest BCUT2D eigenvalue weighted by Crippen LogP contribution is -2.56. The van der Waals surface area contributed by atoms with Crippen molar-refractivity contribution in [1.82, 2.24) is 25.1 Å². The van der Waals surface area contributed by atoms with Crippen molar-refractivity contribution < 1.29 is 29.0 Å². The maximum atomic E-state index is 13.4. The van der Waals surface area contributed by atoms with Gasteiger partial charge in [-0.15, -0.1) is 0 Å². The number of carboxylic acid groups (broad SMARTS) is 1. The van der Waals surface area contributed by atoms with Gasteiger partial charge in [-0.2, -0.15) is 0 Å². The molecule has 3 rings (SSSR count). The van der Waals surface area contributed by atoms with Crippen molar-refractivity contribution in [2.75, 3.05) is 44.6 Å². The van der Waals surface area contributed by atoms with E-state index in [2.05, 4.69) is 20.6 Å². The maximum absolute atomic E-state index is 13.4. The van der Waals surface area contributed by atoms with Crippen LogP contribution in [0, 0.1) is 5.92 Å². The van der Waals surface area contributed by atoms with Gasteiger partial charge in [0.1, 0.15) is 17.6 Å². The molecule has 2 aromatic rings. The Labute approximate surface area is 227 Å². The van der Waals surface area contributed by atoms with Crippen LogP contribution < -0.4 is 10.6 Å². The van der Waals surface area contributed by atoms with Crippen molar-refractivity contribution in [2.45, 2.75) is 39.7 Å². The highest BCUT2D eigenvalue weighted by Crippen LogP contribution is 2.19. The van der Waals surface area contributed by atoms with Crippen LogP contribution in [0.2, 0.25) is 0 Å². The third kappa shape index (κ3) is 8.66. The minimum Gasteiger partial charge on any atom is -0.481 e. The summed E-state index contributed by atoms with van der Waals surface area (Å²) in [6, 6.07) is 9.65. The lowest BCUT2D eigenvalue weighted by Gasteiger charge is -2.35. The minimum absolute atomic E-state index is 0.0513. The maximum Gasteiger partial charge on any atom is 0.409 e. The lowest BCUT2D eigenvalue weighted by molar-refractivity contribution is -0.138. The number of nitrogens with zero attached hydrogens (tertiary/aromatic N) is 4. The number of piperazine rings is 1. The fraction of sp³-hybridized carbons (Fsp3) is 0.481. The number of rotatable bonds is 11. The van der Waals surface area contributed by atoms with Crippen LogP contribution in [-0.4, -0.2) is 94.1 Å². The van der Waals surface area contributed by atoms with Gasteiger partial charge in [0.2, 0.25) is 5.91 Å². The van der Waals surface area contributed by atoms with E-state index in [9.17, 15) is 24.3 Å². The van der Waals surface area contributed by atoms with E-state index in [1.165, 1.54) is 15.9 Å². The molecule has 0 unspecified atom stereocenters. The number of nitrogens with one attached hydrogen (secondary N) is 2. The second-order valence-electron chi connectivity index (χ2n) is 9.57. The van der Waals surface area contributed by atoms with Gasteiger partial charge in [0.15, 0.2) is 5.82 Å². The lowest BCUT2D eigenvalue weighted by atomic mass is 10.1. The van der Waals surface area contributed by atoms with Crippen LogP contribution in [0.15, 0.2) is 36.4 Å². The molecule has 1 saturated heterocycles. The van der Waals surface area contributed by atoms with E-state index in [1.807, 2.05) is 44.2 Å². The highest BCUT2D eigenvalue weighted by atomic mass is 16.6. The summed E-state index contributed by atoms with van der Waals surface area (Å²) in [5, 5.41) is 15.1. The number of benzene rings is 1. The largest absolute Gasteiger partial charge is 0.481 e. The molecule has 0 radical (unpaired) electrons. The third-order valence-electron chi connectivity index (χ3n) is 6.05. The van der Waals surface area contributed by atoms with Gasteiger partial charge in [0.05, 0.1) is 6.61 Å². The summed E-state index contributed by atoms with van der Waals surface area (Å²) < 4.78 is 5.02. The van der Waals surface area contributed by atoms with Crippen molar-refractivity contribution in [1.29, 1.82) is 0 Å². The second-order valence-corrected chi connectivity index (χ2v) is 9.57. The molecule has 1 aliphatic rings. The third-order valence-corrected chi connectivity index (χ3v) is 6.05. The molecule has 0 saturated carbocycles. The van der Waals surface area contributed by atoms with Gasteiger partial charge in [0, 0.05) is 50.8 Å². The first-order chi connectivity index (χ1) is 18.7. The molecule has 39 heavy (non-hydrogen) atoms. The number of amides is 3. The van der Waals surface area contributed by atoms with Gasteiger partial charge in [-0.1, -0.05) is 44.2 Å². The van der Waals surface area contributed by atoms with Crippen molar-refractivity contribution in [3.63, 3.8) is 0 Å². The Kier molecular flexibility index (Phi) is 10.6. The highest BCUT2D eigenvalue weighted by molar-refractivity contribution is 5.97. The zero-order chi connectivity index (χ0) is 28.4.